The minimum atomic E-state index is -1.98. The molecule has 0 radical (unpaired) electrons. The normalized spacial score (nSPS) is 14.8. The van der Waals surface area contributed by atoms with E-state index in [0.29, 0.717) is 0 Å². The Labute approximate surface area is 158 Å². The second-order valence-electron chi connectivity index (χ2n) is 4.82. The molecule has 10 nitrogen and oxygen atoms in total. The van der Waals surface area contributed by atoms with Crippen LogP contribution in [0.4, 0.5) is 0 Å². The molecule has 0 saturated carbocycles. The highest BCUT2D eigenvalue weighted by atomic mass is 35.5. The van der Waals surface area contributed by atoms with E-state index >= 15 is 0 Å². The van der Waals surface area contributed by atoms with Gasteiger partial charge in [-0.2, -0.15) is 0 Å². The molecule has 0 aliphatic rings. The van der Waals surface area contributed by atoms with Crippen LogP contribution < -0.4 is 0 Å². The highest BCUT2D eigenvalue weighted by Gasteiger charge is 2.48. The van der Waals surface area contributed by atoms with E-state index in [1.807, 2.05) is 0 Å². The van der Waals surface area contributed by atoms with Gasteiger partial charge in [-0.05, 0) is 23.2 Å². The first kappa shape index (κ1) is 23.8. The van der Waals surface area contributed by atoms with E-state index < -0.39 is 58.8 Å². The van der Waals surface area contributed by atoms with Crippen molar-refractivity contribution in [2.45, 2.75) is 52.1 Å². The number of halogens is 2. The van der Waals surface area contributed by atoms with Crippen molar-refractivity contribution in [3.63, 3.8) is 0 Å². The fourth-order valence-electron chi connectivity index (χ4n) is 1.83. The van der Waals surface area contributed by atoms with Crippen LogP contribution in [0.3, 0.4) is 0 Å². The van der Waals surface area contributed by atoms with Crippen LogP contribution in [0.1, 0.15) is 27.7 Å². The van der Waals surface area contributed by atoms with Crippen LogP contribution in [-0.4, -0.2) is 58.8 Å². The van der Waals surface area contributed by atoms with Crippen molar-refractivity contribution in [3.8, 4) is 0 Å². The summed E-state index contributed by atoms with van der Waals surface area (Å²) in [6, 6.07) is 0. The summed E-state index contributed by atoms with van der Waals surface area (Å²) in [7, 11) is 0. The number of hydrogen-bond acceptors (Lipinski definition) is 10. The van der Waals surface area contributed by atoms with Gasteiger partial charge in [-0.1, -0.05) is 0 Å². The van der Waals surface area contributed by atoms with Gasteiger partial charge in [-0.3, -0.25) is 28.8 Å². The van der Waals surface area contributed by atoms with Gasteiger partial charge in [-0.25, -0.2) is 0 Å². The predicted octanol–water partition coefficient (Wildman–Crippen LogP) is 0.244. The van der Waals surface area contributed by atoms with Crippen LogP contribution in [0, 0.1) is 0 Å². The second kappa shape index (κ2) is 10.7. The van der Waals surface area contributed by atoms with E-state index in [1.54, 1.807) is 0 Å². The van der Waals surface area contributed by atoms with Crippen molar-refractivity contribution in [3.05, 3.63) is 0 Å². The van der Waals surface area contributed by atoms with Crippen molar-refractivity contribution in [2.75, 3.05) is 0 Å². The van der Waals surface area contributed by atoms with Crippen molar-refractivity contribution in [1.29, 1.82) is 0 Å². The van der Waals surface area contributed by atoms with Crippen LogP contribution in [0.2, 0.25) is 0 Å². The summed E-state index contributed by atoms with van der Waals surface area (Å²) in [5.74, 6) is -4.01. The number of carbonyl (C=O) groups excluding carboxylic acids is 6. The molecule has 0 unspecified atom stereocenters. The molecular formula is C14H16Cl2O10. The SMILES string of the molecule is CC(=O)O[C@@H]([C@H](OC(C)=O)[C@@H](OC(C)=O)C(=O)Cl)[C@H](OC(C)=O)C(=O)Cl. The number of hydrogen-bond donors (Lipinski definition) is 0. The van der Waals surface area contributed by atoms with Crippen LogP contribution in [-0.2, 0) is 47.7 Å². The fourth-order valence-corrected chi connectivity index (χ4v) is 2.17. The Balaban J connectivity index is 6.20. The molecule has 0 aliphatic heterocycles. The van der Waals surface area contributed by atoms with Gasteiger partial charge in [0.15, 0.2) is 12.2 Å². The Kier molecular flexibility index (Phi) is 9.81. The van der Waals surface area contributed by atoms with Gasteiger partial charge in [0.05, 0.1) is 0 Å². The van der Waals surface area contributed by atoms with Gasteiger partial charge in [0, 0.05) is 27.7 Å². The molecule has 12 heteroatoms. The molecule has 0 N–H and O–H groups in total. The topological polar surface area (TPSA) is 139 Å². The largest absolute Gasteiger partial charge is 0.454 e. The second-order valence-corrected chi connectivity index (χ2v) is 5.56. The zero-order chi connectivity index (χ0) is 20.6. The van der Waals surface area contributed by atoms with Gasteiger partial charge < -0.3 is 18.9 Å². The van der Waals surface area contributed by atoms with Gasteiger partial charge in [0.1, 0.15) is 0 Å². The zero-order valence-corrected chi connectivity index (χ0v) is 15.7. The Morgan fingerprint density at radius 2 is 0.769 bits per heavy atom. The van der Waals surface area contributed by atoms with E-state index in [-0.39, 0.29) is 0 Å². The van der Waals surface area contributed by atoms with Crippen LogP contribution in [0.15, 0.2) is 0 Å². The summed E-state index contributed by atoms with van der Waals surface area (Å²) in [5, 5.41) is -2.63. The lowest BCUT2D eigenvalue weighted by Gasteiger charge is -2.32. The van der Waals surface area contributed by atoms with Gasteiger partial charge in [0.2, 0.25) is 12.2 Å². The lowest BCUT2D eigenvalue weighted by Crippen LogP contribution is -2.54. The Morgan fingerprint density at radius 1 is 0.538 bits per heavy atom. The molecular weight excluding hydrogens is 399 g/mol. The minimum Gasteiger partial charge on any atom is -0.454 e. The first-order valence-electron chi connectivity index (χ1n) is 6.94. The highest BCUT2D eigenvalue weighted by Crippen LogP contribution is 2.22. The van der Waals surface area contributed by atoms with E-state index in [4.69, 9.17) is 32.7 Å². The maximum atomic E-state index is 11.6. The summed E-state index contributed by atoms with van der Waals surface area (Å²) in [5.41, 5.74) is 0. The van der Waals surface area contributed by atoms with Gasteiger partial charge >= 0.3 is 23.9 Å². The van der Waals surface area contributed by atoms with E-state index in [0.717, 1.165) is 27.7 Å². The summed E-state index contributed by atoms with van der Waals surface area (Å²) in [6.45, 7) is 3.69. The number of esters is 4. The molecule has 0 aromatic rings. The van der Waals surface area contributed by atoms with Gasteiger partial charge in [0.25, 0.3) is 10.5 Å². The molecule has 0 rings (SSSR count). The van der Waals surface area contributed by atoms with Crippen molar-refractivity contribution >= 4 is 57.6 Å². The maximum absolute atomic E-state index is 11.6. The van der Waals surface area contributed by atoms with Crippen molar-refractivity contribution in [1.82, 2.24) is 0 Å². The smallest absolute Gasteiger partial charge is 0.303 e. The Hall–Kier alpha value is -2.20. The van der Waals surface area contributed by atoms with E-state index in [1.165, 1.54) is 0 Å². The third kappa shape index (κ3) is 8.26. The Bertz CT molecular complexity index is 551. The molecule has 0 aromatic heterocycles. The first-order valence-corrected chi connectivity index (χ1v) is 7.70. The third-order valence-corrected chi connectivity index (χ3v) is 2.99. The van der Waals surface area contributed by atoms with Crippen LogP contribution in [0.5, 0.6) is 0 Å². The molecule has 0 heterocycles. The quantitative estimate of drug-likeness (QED) is 0.292. The molecule has 4 atom stereocenters. The molecule has 0 fully saturated rings. The summed E-state index contributed by atoms with van der Waals surface area (Å²) < 4.78 is 19.1. The lowest BCUT2D eigenvalue weighted by molar-refractivity contribution is -0.196. The van der Waals surface area contributed by atoms with Crippen molar-refractivity contribution < 1.29 is 47.7 Å². The summed E-state index contributed by atoms with van der Waals surface area (Å²) >= 11 is 10.7. The zero-order valence-electron chi connectivity index (χ0n) is 14.1. The average molecular weight is 415 g/mol. The maximum Gasteiger partial charge on any atom is 0.303 e. The molecule has 0 bridgehead atoms. The lowest BCUT2D eigenvalue weighted by atomic mass is 10.0. The Morgan fingerprint density at radius 3 is 0.923 bits per heavy atom. The van der Waals surface area contributed by atoms with Crippen molar-refractivity contribution in [2.24, 2.45) is 0 Å². The number of carbonyl (C=O) groups is 6. The standard InChI is InChI=1S/C14H16Cl2O10/c1-5(17)23-9(11(13(15)21)25-7(3)19)10(24-6(2)18)12(14(16)22)26-8(4)20/h9-12H,1-4H3/t9-,10-,11-,12+/m0/s1. The highest BCUT2D eigenvalue weighted by molar-refractivity contribution is 6.65. The molecule has 26 heavy (non-hydrogen) atoms. The minimum absolute atomic E-state index is 0.921. The summed E-state index contributed by atoms with van der Waals surface area (Å²) in [6.07, 6.45) is -7.79. The number of ether oxygens (including phenoxy) is 4. The predicted molar refractivity (Wildman–Crippen MR) is 83.9 cm³/mol. The molecule has 0 saturated heterocycles. The van der Waals surface area contributed by atoms with E-state index in [9.17, 15) is 28.8 Å². The van der Waals surface area contributed by atoms with Gasteiger partial charge in [-0.15, -0.1) is 0 Å². The average Bonchev–Trinajstić information content (AvgIpc) is 2.44. The van der Waals surface area contributed by atoms with Crippen LogP contribution in [0.25, 0.3) is 0 Å². The molecule has 0 spiro atoms. The summed E-state index contributed by atoms with van der Waals surface area (Å²) in [4.78, 5) is 68.5. The first-order chi connectivity index (χ1) is 11.9. The monoisotopic (exact) mass is 414 g/mol. The molecule has 146 valence electrons. The number of rotatable bonds is 9. The fraction of sp³-hybridized carbons (Fsp3) is 0.571. The molecule has 0 aromatic carbocycles. The molecule has 0 aliphatic carbocycles. The van der Waals surface area contributed by atoms with Crippen LogP contribution >= 0.6 is 23.2 Å². The molecule has 0 amide bonds. The van der Waals surface area contributed by atoms with E-state index in [2.05, 4.69) is 9.47 Å². The third-order valence-electron chi connectivity index (χ3n) is 2.56.